The van der Waals surface area contributed by atoms with Crippen molar-refractivity contribution in [2.45, 2.75) is 48.0 Å². The van der Waals surface area contributed by atoms with Crippen molar-refractivity contribution < 1.29 is 27.0 Å². The molecule has 3 aliphatic heterocycles. The van der Waals surface area contributed by atoms with Gasteiger partial charge in [-0.25, -0.2) is 9.00 Å². The molecule has 3 heterocycles. The van der Waals surface area contributed by atoms with Crippen LogP contribution in [0, 0.1) is 11.3 Å². The van der Waals surface area contributed by atoms with Gasteiger partial charge in [-0.1, -0.05) is 12.1 Å². The number of likely N-dealkylation sites (tertiary alicyclic amines) is 2. The minimum atomic E-state index is -4.74. The summed E-state index contributed by atoms with van der Waals surface area (Å²) in [6.07, 6.45) is 4.14. The minimum Gasteiger partial charge on any atom is -0.347 e. The van der Waals surface area contributed by atoms with Crippen molar-refractivity contribution in [3.05, 3.63) is 29.8 Å². The van der Waals surface area contributed by atoms with Crippen LogP contribution in [-0.4, -0.2) is 63.2 Å². The van der Waals surface area contributed by atoms with Gasteiger partial charge in [0.2, 0.25) is 5.91 Å². The summed E-state index contributed by atoms with van der Waals surface area (Å²) in [6, 6.07) is 5.89. The van der Waals surface area contributed by atoms with Crippen LogP contribution in [0.1, 0.15) is 31.2 Å². The first-order chi connectivity index (χ1) is 14.6. The number of nitrogens with one attached hydrogen (secondary N) is 1. The topological polar surface area (TPSA) is 69.7 Å². The lowest BCUT2D eigenvalue weighted by molar-refractivity contribution is -0.120. The highest BCUT2D eigenvalue weighted by Gasteiger charge is 2.56. The van der Waals surface area contributed by atoms with Gasteiger partial charge in [0.25, 0.3) is 0 Å². The van der Waals surface area contributed by atoms with E-state index in [9.17, 15) is 27.0 Å². The van der Waals surface area contributed by atoms with Crippen LogP contribution in [0.25, 0.3) is 0 Å². The Morgan fingerprint density at radius 1 is 1.10 bits per heavy atom. The van der Waals surface area contributed by atoms with Crippen LogP contribution >= 0.6 is 0 Å². The number of hydrogen-bond acceptors (Lipinski definition) is 3. The van der Waals surface area contributed by atoms with E-state index in [1.807, 2.05) is 4.90 Å². The molecule has 6 nitrogen and oxygen atoms in total. The Labute approximate surface area is 180 Å². The minimum absolute atomic E-state index is 0.0501. The first kappa shape index (κ1) is 20.8. The predicted molar refractivity (Wildman–Crippen MR) is 106 cm³/mol. The number of carbonyl (C=O) groups excluding carboxylic acids is 2. The highest BCUT2D eigenvalue weighted by Crippen LogP contribution is 2.53. The summed E-state index contributed by atoms with van der Waals surface area (Å²) < 4.78 is 49.0. The summed E-state index contributed by atoms with van der Waals surface area (Å²) in [4.78, 5) is 27.5. The monoisotopic (exact) mass is 455 g/mol. The van der Waals surface area contributed by atoms with E-state index in [0.717, 1.165) is 44.3 Å². The summed E-state index contributed by atoms with van der Waals surface area (Å²) in [5, 5.41) is 2.99. The fraction of sp³-hybridized carbons (Fsp3) is 0.619. The van der Waals surface area contributed by atoms with Gasteiger partial charge in [0, 0.05) is 42.9 Å². The van der Waals surface area contributed by atoms with Crippen molar-refractivity contribution in [1.82, 2.24) is 15.1 Å². The van der Waals surface area contributed by atoms with Crippen molar-refractivity contribution in [3.63, 3.8) is 0 Å². The van der Waals surface area contributed by atoms with Crippen LogP contribution in [-0.2, 0) is 22.0 Å². The van der Waals surface area contributed by atoms with Crippen molar-refractivity contribution in [2.75, 3.05) is 26.2 Å². The van der Waals surface area contributed by atoms with Crippen LogP contribution in [0.15, 0.2) is 29.2 Å². The van der Waals surface area contributed by atoms with Crippen LogP contribution in [0.3, 0.4) is 0 Å². The van der Waals surface area contributed by atoms with Gasteiger partial charge in [0.15, 0.2) is 10.8 Å². The van der Waals surface area contributed by atoms with Gasteiger partial charge in [-0.2, -0.15) is 13.2 Å². The molecular formula is C21H24F3N3O3S. The largest absolute Gasteiger partial charge is 0.475 e. The van der Waals surface area contributed by atoms with Gasteiger partial charge >= 0.3 is 11.5 Å². The molecule has 31 heavy (non-hydrogen) atoms. The molecule has 4 aliphatic rings. The molecule has 1 N–H and O–H groups in total. The molecule has 2 spiro atoms. The van der Waals surface area contributed by atoms with E-state index in [0.29, 0.717) is 25.4 Å². The van der Waals surface area contributed by atoms with Crippen LogP contribution in [0.2, 0.25) is 0 Å². The first-order valence-electron chi connectivity index (χ1n) is 10.5. The predicted octanol–water partition coefficient (Wildman–Crippen LogP) is 2.65. The summed E-state index contributed by atoms with van der Waals surface area (Å²) in [5.74, 6) is 0.524. The zero-order valence-electron chi connectivity index (χ0n) is 16.9. The van der Waals surface area contributed by atoms with Crippen molar-refractivity contribution >= 4 is 22.7 Å². The normalized spacial score (nSPS) is 25.1. The Kier molecular flexibility index (Phi) is 4.66. The van der Waals surface area contributed by atoms with Crippen LogP contribution in [0.4, 0.5) is 18.0 Å². The lowest BCUT2D eigenvalue weighted by atomic mass is 9.56. The van der Waals surface area contributed by atoms with Crippen molar-refractivity contribution in [3.8, 4) is 0 Å². The zero-order valence-corrected chi connectivity index (χ0v) is 17.7. The number of benzene rings is 1. The number of rotatable bonds is 3. The molecule has 1 unspecified atom stereocenters. The number of hydrogen-bond donors (Lipinski definition) is 1. The van der Waals surface area contributed by atoms with E-state index in [2.05, 4.69) is 5.32 Å². The quantitative estimate of drug-likeness (QED) is 0.762. The maximum Gasteiger partial charge on any atom is 0.475 e. The first-order valence-corrected chi connectivity index (χ1v) is 11.6. The van der Waals surface area contributed by atoms with E-state index in [-0.39, 0.29) is 27.8 Å². The van der Waals surface area contributed by atoms with E-state index < -0.39 is 16.3 Å². The Balaban J connectivity index is 1.06. The molecule has 1 aliphatic carbocycles. The molecule has 1 saturated carbocycles. The number of urea groups is 1. The second-order valence-electron chi connectivity index (χ2n) is 9.66. The van der Waals surface area contributed by atoms with E-state index in [1.54, 1.807) is 17.0 Å². The Bertz CT molecular complexity index is 929. The second-order valence-corrected chi connectivity index (χ2v) is 11.1. The molecule has 3 saturated heterocycles. The highest BCUT2D eigenvalue weighted by molar-refractivity contribution is 7.86. The number of alkyl halides is 3. The van der Waals surface area contributed by atoms with Crippen LogP contribution in [0.5, 0.6) is 0 Å². The Hall–Kier alpha value is -2.10. The fourth-order valence-corrected chi connectivity index (χ4v) is 6.36. The third-order valence-electron chi connectivity index (χ3n) is 7.13. The molecule has 1 aromatic rings. The summed E-state index contributed by atoms with van der Waals surface area (Å²) in [5.41, 5.74) is -3.81. The average molecular weight is 456 g/mol. The molecule has 4 fully saturated rings. The van der Waals surface area contributed by atoms with E-state index >= 15 is 0 Å². The molecule has 3 amide bonds. The summed E-state index contributed by atoms with van der Waals surface area (Å²) in [6.45, 7) is 2.70. The van der Waals surface area contributed by atoms with Crippen molar-refractivity contribution in [1.29, 1.82) is 0 Å². The molecule has 10 heteroatoms. The molecular weight excluding hydrogens is 431 g/mol. The van der Waals surface area contributed by atoms with Gasteiger partial charge in [0.1, 0.15) is 0 Å². The smallest absolute Gasteiger partial charge is 0.347 e. The van der Waals surface area contributed by atoms with Crippen LogP contribution < -0.4 is 5.32 Å². The highest BCUT2D eigenvalue weighted by atomic mass is 32.2. The number of carbonyl (C=O) groups is 2. The summed E-state index contributed by atoms with van der Waals surface area (Å²) >= 11 is 0. The molecule has 5 rings (SSSR count). The molecule has 1 atom stereocenters. The average Bonchev–Trinajstić information content (AvgIpc) is 3.02. The molecule has 0 aromatic heterocycles. The molecule has 0 radical (unpaired) electrons. The Morgan fingerprint density at radius 2 is 1.71 bits per heavy atom. The second kappa shape index (κ2) is 6.95. The standard InChI is InChI=1S/C21H24F3N3O3S/c22-21(23,24)31(30)16-3-1-14(2-4-16)7-15-8-19(9-15)10-26(11-19)18(29)27-12-20(13-27)6-5-17(28)25-20/h1-4,15H,5-13H2,(H,25,28). The van der Waals surface area contributed by atoms with E-state index in [1.165, 1.54) is 12.1 Å². The maximum atomic E-state index is 12.6. The Morgan fingerprint density at radius 3 is 2.26 bits per heavy atom. The molecule has 1 aromatic carbocycles. The molecule has 0 bridgehead atoms. The number of amides is 3. The van der Waals surface area contributed by atoms with Crippen molar-refractivity contribution in [2.24, 2.45) is 11.3 Å². The lowest BCUT2D eigenvalue weighted by Crippen LogP contribution is -2.73. The van der Waals surface area contributed by atoms with Gasteiger partial charge in [-0.15, -0.1) is 0 Å². The number of nitrogens with zero attached hydrogens (tertiary/aromatic N) is 2. The van der Waals surface area contributed by atoms with Gasteiger partial charge in [-0.05, 0) is 49.3 Å². The summed E-state index contributed by atoms with van der Waals surface area (Å²) in [7, 11) is -2.99. The SMILES string of the molecule is O=C1CCC2(CN(C(=O)N3CC4(CC(Cc5ccc(S(=O)C(F)(F)F)cc5)C4)C3)C2)N1. The fourth-order valence-electron chi connectivity index (χ4n) is 5.71. The maximum absolute atomic E-state index is 12.6. The van der Waals surface area contributed by atoms with Gasteiger partial charge < -0.3 is 15.1 Å². The van der Waals surface area contributed by atoms with Gasteiger partial charge in [-0.3, -0.25) is 4.79 Å². The van der Waals surface area contributed by atoms with E-state index in [4.69, 9.17) is 0 Å². The zero-order chi connectivity index (χ0) is 22.0. The lowest BCUT2D eigenvalue weighted by Gasteiger charge is -2.61. The van der Waals surface area contributed by atoms with Gasteiger partial charge in [0.05, 0.1) is 5.54 Å². The molecule has 168 valence electrons. The number of halogens is 3. The third kappa shape index (κ3) is 3.72. The third-order valence-corrected chi connectivity index (χ3v) is 8.25.